The SMILES string of the molecule is c1ccc(-c2ccc(CC(c3ccc(-c4ccccc4)cc3)c3cccc(-c4ccc(N5c6ccccc6Sc6c5n(-c5ccccc5)c5ccccc65)cc4)c3)cc2)cc1. The molecule has 0 amide bonds. The Hall–Kier alpha value is -7.33. The molecule has 1 aromatic heterocycles. The Morgan fingerprint density at radius 3 is 1.64 bits per heavy atom. The molecule has 1 atom stereocenters. The van der Waals surface area contributed by atoms with E-state index in [0.717, 1.165) is 17.8 Å². The van der Waals surface area contributed by atoms with Crippen LogP contribution in [0.5, 0.6) is 0 Å². The standard InChI is InChI=1S/C58H42N2S/c1-4-15-42(16-5-1)44-29-27-41(28-30-44)39-53(47-33-31-45(32-34-47)43-17-6-2-7-18-43)49-20-14-19-48(40-49)46-35-37-51(38-36-46)60-55-25-12-13-26-56(55)61-57-52-23-10-11-24-54(52)59(58(57)60)50-21-8-3-9-22-50/h1-38,40,53H,39H2. The van der Waals surface area contributed by atoms with Crippen LogP contribution in [0.3, 0.4) is 0 Å². The molecular formula is C58H42N2S. The first kappa shape index (κ1) is 36.7. The van der Waals surface area contributed by atoms with E-state index in [1.54, 1.807) is 0 Å². The first-order chi connectivity index (χ1) is 30.2. The van der Waals surface area contributed by atoms with Crippen molar-refractivity contribution in [1.29, 1.82) is 0 Å². The molecule has 3 heteroatoms. The second-order valence-electron chi connectivity index (χ2n) is 15.7. The minimum absolute atomic E-state index is 0.173. The maximum Gasteiger partial charge on any atom is 0.137 e. The molecule has 290 valence electrons. The van der Waals surface area contributed by atoms with Crippen LogP contribution in [-0.4, -0.2) is 4.57 Å². The lowest BCUT2D eigenvalue weighted by Gasteiger charge is -2.33. The molecule has 11 rings (SSSR count). The van der Waals surface area contributed by atoms with Gasteiger partial charge in [-0.1, -0.05) is 206 Å². The first-order valence-electron chi connectivity index (χ1n) is 21.0. The summed E-state index contributed by atoms with van der Waals surface area (Å²) in [5.74, 6) is 1.34. The Morgan fingerprint density at radius 1 is 0.393 bits per heavy atom. The number of aromatic nitrogens is 1. The van der Waals surface area contributed by atoms with E-state index in [0.29, 0.717) is 0 Å². The molecule has 0 aliphatic carbocycles. The summed E-state index contributed by atoms with van der Waals surface area (Å²) >= 11 is 1.87. The average Bonchev–Trinajstić information content (AvgIpc) is 3.67. The zero-order chi connectivity index (χ0) is 40.5. The van der Waals surface area contributed by atoms with E-state index in [4.69, 9.17) is 0 Å². The lowest BCUT2D eigenvalue weighted by Crippen LogP contribution is -2.17. The van der Waals surface area contributed by atoms with Gasteiger partial charge in [-0.3, -0.25) is 9.47 Å². The molecule has 2 heterocycles. The Balaban J connectivity index is 0.964. The topological polar surface area (TPSA) is 8.17 Å². The Labute approximate surface area is 362 Å². The van der Waals surface area contributed by atoms with Crippen molar-refractivity contribution in [1.82, 2.24) is 4.57 Å². The van der Waals surface area contributed by atoms with E-state index in [2.05, 4.69) is 246 Å². The lowest BCUT2D eigenvalue weighted by atomic mass is 9.84. The van der Waals surface area contributed by atoms with Crippen molar-refractivity contribution in [2.45, 2.75) is 22.1 Å². The van der Waals surface area contributed by atoms with Crippen LogP contribution in [0.1, 0.15) is 22.6 Å². The molecule has 0 saturated heterocycles. The van der Waals surface area contributed by atoms with Crippen molar-refractivity contribution in [3.05, 3.63) is 253 Å². The quantitative estimate of drug-likeness (QED) is 0.144. The molecule has 1 aliphatic heterocycles. The predicted octanol–water partition coefficient (Wildman–Crippen LogP) is 15.9. The van der Waals surface area contributed by atoms with Crippen molar-refractivity contribution < 1.29 is 0 Å². The summed E-state index contributed by atoms with van der Waals surface area (Å²) in [7, 11) is 0. The maximum atomic E-state index is 2.45. The van der Waals surface area contributed by atoms with Gasteiger partial charge in [0, 0.05) is 27.6 Å². The minimum atomic E-state index is 0.173. The highest BCUT2D eigenvalue weighted by molar-refractivity contribution is 8.00. The molecule has 0 spiro atoms. The van der Waals surface area contributed by atoms with Crippen LogP contribution in [0.4, 0.5) is 17.2 Å². The number of nitrogens with zero attached hydrogens (tertiary/aromatic N) is 2. The summed E-state index contributed by atoms with van der Waals surface area (Å²) in [5.41, 5.74) is 16.0. The third-order valence-corrected chi connectivity index (χ3v) is 13.2. The van der Waals surface area contributed by atoms with E-state index in [1.165, 1.54) is 82.3 Å². The smallest absolute Gasteiger partial charge is 0.137 e. The van der Waals surface area contributed by atoms with Gasteiger partial charge in [0.15, 0.2) is 0 Å². The third-order valence-electron chi connectivity index (χ3n) is 12.0. The molecule has 9 aromatic carbocycles. The monoisotopic (exact) mass is 798 g/mol. The van der Waals surface area contributed by atoms with Crippen molar-refractivity contribution >= 4 is 39.9 Å². The highest BCUT2D eigenvalue weighted by atomic mass is 32.2. The van der Waals surface area contributed by atoms with Crippen molar-refractivity contribution in [2.75, 3.05) is 4.90 Å². The second kappa shape index (κ2) is 16.0. The summed E-state index contributed by atoms with van der Waals surface area (Å²) in [6, 6.07) is 86.3. The van der Waals surface area contributed by atoms with Gasteiger partial charge in [0.1, 0.15) is 5.82 Å². The fraction of sp³-hybridized carbons (Fsp3) is 0.0345. The molecular weight excluding hydrogens is 757 g/mol. The van der Waals surface area contributed by atoms with Gasteiger partial charge >= 0.3 is 0 Å². The number of rotatable bonds is 9. The molecule has 0 N–H and O–H groups in total. The fourth-order valence-electron chi connectivity index (χ4n) is 8.96. The third kappa shape index (κ3) is 7.03. The Bertz CT molecular complexity index is 3100. The van der Waals surface area contributed by atoms with Gasteiger partial charge in [0.25, 0.3) is 0 Å². The fourth-order valence-corrected chi connectivity index (χ4v) is 10.1. The molecule has 2 nitrogen and oxygen atoms in total. The van der Waals surface area contributed by atoms with Gasteiger partial charge in [0.2, 0.25) is 0 Å². The summed E-state index contributed by atoms with van der Waals surface area (Å²) < 4.78 is 2.42. The van der Waals surface area contributed by atoms with E-state index < -0.39 is 0 Å². The number of anilines is 3. The van der Waals surface area contributed by atoms with E-state index in [-0.39, 0.29) is 5.92 Å². The Morgan fingerprint density at radius 2 is 0.934 bits per heavy atom. The molecule has 61 heavy (non-hydrogen) atoms. The number of fused-ring (bicyclic) bond motifs is 4. The molecule has 0 radical (unpaired) electrons. The number of para-hydroxylation sites is 3. The van der Waals surface area contributed by atoms with Gasteiger partial charge in [-0.15, -0.1) is 0 Å². The zero-order valence-electron chi connectivity index (χ0n) is 33.6. The lowest BCUT2D eigenvalue weighted by molar-refractivity contribution is 0.806. The van der Waals surface area contributed by atoms with Crippen molar-refractivity contribution in [2.24, 2.45) is 0 Å². The van der Waals surface area contributed by atoms with Crippen LogP contribution in [0.25, 0.3) is 50.0 Å². The predicted molar refractivity (Wildman–Crippen MR) is 257 cm³/mol. The minimum Gasteiger partial charge on any atom is -0.295 e. The Kier molecular flexibility index (Phi) is 9.65. The van der Waals surface area contributed by atoms with Crippen molar-refractivity contribution in [3.63, 3.8) is 0 Å². The van der Waals surface area contributed by atoms with Gasteiger partial charge in [-0.2, -0.15) is 0 Å². The van der Waals surface area contributed by atoms with Gasteiger partial charge in [-0.05, 0) is 99.0 Å². The first-order valence-corrected chi connectivity index (χ1v) is 21.8. The normalized spacial score (nSPS) is 12.5. The van der Waals surface area contributed by atoms with Gasteiger partial charge < -0.3 is 0 Å². The molecule has 0 fully saturated rings. The van der Waals surface area contributed by atoms with Crippen LogP contribution >= 0.6 is 11.8 Å². The van der Waals surface area contributed by atoms with E-state index in [9.17, 15) is 0 Å². The largest absolute Gasteiger partial charge is 0.295 e. The van der Waals surface area contributed by atoms with Gasteiger partial charge in [-0.25, -0.2) is 0 Å². The molecule has 0 bridgehead atoms. The maximum absolute atomic E-state index is 2.45. The summed E-state index contributed by atoms with van der Waals surface area (Å²) in [6.45, 7) is 0. The number of hydrogen-bond donors (Lipinski definition) is 0. The molecule has 1 unspecified atom stereocenters. The van der Waals surface area contributed by atoms with Crippen LogP contribution in [0, 0.1) is 0 Å². The molecule has 10 aromatic rings. The van der Waals surface area contributed by atoms with Crippen molar-refractivity contribution in [3.8, 4) is 39.1 Å². The van der Waals surface area contributed by atoms with Crippen LogP contribution in [0.15, 0.2) is 246 Å². The highest BCUT2D eigenvalue weighted by Crippen LogP contribution is 2.55. The molecule has 0 saturated carbocycles. The second-order valence-corrected chi connectivity index (χ2v) is 16.8. The zero-order valence-corrected chi connectivity index (χ0v) is 34.4. The summed E-state index contributed by atoms with van der Waals surface area (Å²) in [4.78, 5) is 4.97. The highest BCUT2D eigenvalue weighted by Gasteiger charge is 2.31. The van der Waals surface area contributed by atoms with Crippen LogP contribution in [-0.2, 0) is 6.42 Å². The van der Waals surface area contributed by atoms with Crippen LogP contribution < -0.4 is 4.90 Å². The molecule has 1 aliphatic rings. The van der Waals surface area contributed by atoms with E-state index >= 15 is 0 Å². The average molecular weight is 799 g/mol. The summed E-state index contributed by atoms with van der Waals surface area (Å²) in [6.07, 6.45) is 0.895. The van der Waals surface area contributed by atoms with E-state index in [1.807, 2.05) is 11.8 Å². The summed E-state index contributed by atoms with van der Waals surface area (Å²) in [5, 5.41) is 1.26. The van der Waals surface area contributed by atoms with Crippen LogP contribution in [0.2, 0.25) is 0 Å². The number of benzene rings is 9. The van der Waals surface area contributed by atoms with Gasteiger partial charge in [0.05, 0.1) is 16.1 Å². The number of hydrogen-bond acceptors (Lipinski definition) is 2.